The average molecular weight is 438 g/mol. The first-order valence-corrected chi connectivity index (χ1v) is 10.4. The van der Waals surface area contributed by atoms with Crippen LogP contribution in [-0.2, 0) is 11.3 Å². The van der Waals surface area contributed by atoms with Crippen LogP contribution < -0.4 is 9.47 Å². The number of ether oxygens (including phenoxy) is 3. The molecule has 1 aromatic carbocycles. The Morgan fingerprint density at radius 3 is 2.70 bits per heavy atom. The van der Waals surface area contributed by atoms with E-state index in [9.17, 15) is 0 Å². The molecule has 0 spiro atoms. The quantitative estimate of drug-likeness (QED) is 0.622. The lowest BCUT2D eigenvalue weighted by atomic mass is 10.1. The Labute approximate surface area is 170 Å². The van der Waals surface area contributed by atoms with Gasteiger partial charge >= 0.3 is 0 Å². The smallest absolute Gasteiger partial charge is 0.175 e. The summed E-state index contributed by atoms with van der Waals surface area (Å²) < 4.78 is 18.1. The molecule has 0 radical (unpaired) electrons. The molecule has 0 saturated carbocycles. The van der Waals surface area contributed by atoms with Crippen LogP contribution in [0.1, 0.15) is 24.8 Å². The van der Waals surface area contributed by atoms with Gasteiger partial charge in [-0.05, 0) is 46.5 Å². The van der Waals surface area contributed by atoms with Gasteiger partial charge in [-0.1, -0.05) is 0 Å². The zero-order valence-corrected chi connectivity index (χ0v) is 17.5. The van der Waals surface area contributed by atoms with Gasteiger partial charge in [-0.15, -0.1) is 0 Å². The minimum absolute atomic E-state index is 0.179. The van der Waals surface area contributed by atoms with Gasteiger partial charge in [-0.3, -0.25) is 9.80 Å². The topological polar surface area (TPSA) is 58.0 Å². The second-order valence-corrected chi connectivity index (χ2v) is 7.94. The largest absolute Gasteiger partial charge is 0.493 e. The highest BCUT2D eigenvalue weighted by Crippen LogP contribution is 2.37. The fraction of sp³-hybridized carbons (Fsp3) is 0.650. The molecule has 0 bridgehead atoms. The third kappa shape index (κ3) is 5.82. The van der Waals surface area contributed by atoms with E-state index in [-0.39, 0.29) is 6.10 Å². The summed E-state index contributed by atoms with van der Waals surface area (Å²) in [6, 6.07) is 6.41. The van der Waals surface area contributed by atoms with E-state index in [0.29, 0.717) is 13.0 Å². The Balaban J connectivity index is 1.56. The van der Waals surface area contributed by atoms with Gasteiger partial charge in [0, 0.05) is 52.3 Å². The summed E-state index contributed by atoms with van der Waals surface area (Å²) in [6.45, 7) is 7.21. The molecular weight excluding hydrogens is 410 g/mol. The Bertz CT molecular complexity index is 651. The van der Waals surface area contributed by atoms with Crippen LogP contribution in [0.25, 0.3) is 0 Å². The molecular formula is C20H28BrN3O3. The summed E-state index contributed by atoms with van der Waals surface area (Å²) in [5.74, 6) is 1.50. The van der Waals surface area contributed by atoms with Crippen LogP contribution in [0.4, 0.5) is 0 Å². The van der Waals surface area contributed by atoms with Crippen LogP contribution in [0, 0.1) is 11.3 Å². The van der Waals surface area contributed by atoms with Gasteiger partial charge in [0.2, 0.25) is 0 Å². The zero-order chi connectivity index (χ0) is 19.1. The molecule has 2 aliphatic rings. The van der Waals surface area contributed by atoms with Crippen LogP contribution in [0.5, 0.6) is 11.5 Å². The van der Waals surface area contributed by atoms with E-state index >= 15 is 0 Å². The van der Waals surface area contributed by atoms with Crippen LogP contribution in [-0.4, -0.2) is 69.0 Å². The molecule has 0 aliphatic carbocycles. The van der Waals surface area contributed by atoms with E-state index in [4.69, 9.17) is 19.5 Å². The monoisotopic (exact) mass is 437 g/mol. The molecule has 0 amide bonds. The maximum atomic E-state index is 8.72. The van der Waals surface area contributed by atoms with Gasteiger partial charge in [0.05, 0.1) is 23.8 Å². The van der Waals surface area contributed by atoms with Gasteiger partial charge in [0.25, 0.3) is 0 Å². The van der Waals surface area contributed by atoms with E-state index in [1.54, 1.807) is 7.11 Å². The molecule has 148 valence electrons. The lowest BCUT2D eigenvalue weighted by Gasteiger charge is -2.34. The molecule has 0 aromatic heterocycles. The molecule has 1 unspecified atom stereocenters. The fourth-order valence-electron chi connectivity index (χ4n) is 3.59. The Morgan fingerprint density at radius 2 is 2.04 bits per heavy atom. The first-order valence-electron chi connectivity index (χ1n) is 9.62. The minimum atomic E-state index is 0.179. The van der Waals surface area contributed by atoms with Crippen molar-refractivity contribution in [2.75, 3.05) is 53.0 Å². The lowest BCUT2D eigenvalue weighted by Crippen LogP contribution is -2.46. The molecule has 7 heteroatoms. The number of methoxy groups -OCH3 is 1. The molecule has 2 fully saturated rings. The van der Waals surface area contributed by atoms with E-state index in [0.717, 1.165) is 74.7 Å². The van der Waals surface area contributed by atoms with E-state index in [2.05, 4.69) is 43.9 Å². The third-order valence-electron chi connectivity index (χ3n) is 5.14. The van der Waals surface area contributed by atoms with Crippen molar-refractivity contribution in [3.05, 3.63) is 22.2 Å². The van der Waals surface area contributed by atoms with Gasteiger partial charge in [-0.25, -0.2) is 0 Å². The van der Waals surface area contributed by atoms with Crippen LogP contribution in [0.2, 0.25) is 0 Å². The number of hydrogen-bond acceptors (Lipinski definition) is 6. The average Bonchev–Trinajstić information content (AvgIpc) is 3.20. The number of nitriles is 1. The standard InChI is InChI=1S/C20H28BrN3O3/c1-25-19-13-16(14-24-9-7-23(8-10-24)6-3-5-22)12-18(21)20(19)27-15-17-4-2-11-26-17/h12-13,17H,2-4,6-11,14-15H2,1H3. The maximum absolute atomic E-state index is 8.72. The summed E-state index contributed by atoms with van der Waals surface area (Å²) in [5.41, 5.74) is 1.20. The van der Waals surface area contributed by atoms with Crippen molar-refractivity contribution in [2.45, 2.75) is 31.9 Å². The van der Waals surface area contributed by atoms with Gasteiger partial charge in [0.15, 0.2) is 11.5 Å². The normalized spacial score (nSPS) is 21.1. The molecule has 1 atom stereocenters. The molecule has 2 saturated heterocycles. The highest BCUT2D eigenvalue weighted by molar-refractivity contribution is 9.10. The van der Waals surface area contributed by atoms with Gasteiger partial charge in [-0.2, -0.15) is 5.26 Å². The first kappa shape index (κ1) is 20.4. The first-order chi connectivity index (χ1) is 13.2. The van der Waals surface area contributed by atoms with Crippen molar-refractivity contribution in [1.29, 1.82) is 5.26 Å². The predicted octanol–water partition coefficient (Wildman–Crippen LogP) is 3.05. The number of piperazine rings is 1. The van der Waals surface area contributed by atoms with Crippen molar-refractivity contribution in [3.63, 3.8) is 0 Å². The summed E-state index contributed by atoms with van der Waals surface area (Å²) in [5, 5.41) is 8.72. The van der Waals surface area contributed by atoms with Crippen LogP contribution >= 0.6 is 15.9 Å². The van der Waals surface area contributed by atoms with Gasteiger partial charge in [0.1, 0.15) is 6.61 Å². The maximum Gasteiger partial charge on any atom is 0.175 e. The highest BCUT2D eigenvalue weighted by atomic mass is 79.9. The molecule has 2 aliphatic heterocycles. The Kier molecular flexibility index (Phi) is 7.77. The second-order valence-electron chi connectivity index (χ2n) is 7.08. The molecule has 6 nitrogen and oxygen atoms in total. The lowest BCUT2D eigenvalue weighted by molar-refractivity contribution is 0.0666. The van der Waals surface area contributed by atoms with Crippen LogP contribution in [0.15, 0.2) is 16.6 Å². The predicted molar refractivity (Wildman–Crippen MR) is 107 cm³/mol. The number of rotatable bonds is 8. The summed E-state index contributed by atoms with van der Waals surface area (Å²) in [6.07, 6.45) is 2.95. The Hall–Kier alpha value is -1.33. The minimum Gasteiger partial charge on any atom is -0.493 e. The van der Waals surface area contributed by atoms with Crippen molar-refractivity contribution < 1.29 is 14.2 Å². The van der Waals surface area contributed by atoms with Crippen molar-refractivity contribution in [1.82, 2.24) is 9.80 Å². The van der Waals surface area contributed by atoms with Crippen molar-refractivity contribution >= 4 is 15.9 Å². The van der Waals surface area contributed by atoms with Gasteiger partial charge < -0.3 is 14.2 Å². The molecule has 0 N–H and O–H groups in total. The highest BCUT2D eigenvalue weighted by Gasteiger charge is 2.20. The fourth-order valence-corrected chi connectivity index (χ4v) is 4.20. The van der Waals surface area contributed by atoms with Crippen LogP contribution in [0.3, 0.4) is 0 Å². The van der Waals surface area contributed by atoms with E-state index < -0.39 is 0 Å². The van der Waals surface area contributed by atoms with E-state index in [1.807, 2.05) is 0 Å². The number of benzene rings is 1. The number of nitrogens with zero attached hydrogens (tertiary/aromatic N) is 3. The van der Waals surface area contributed by atoms with E-state index in [1.165, 1.54) is 5.56 Å². The number of halogens is 1. The zero-order valence-electron chi connectivity index (χ0n) is 16.0. The molecule has 2 heterocycles. The van der Waals surface area contributed by atoms with Crippen molar-refractivity contribution in [2.24, 2.45) is 0 Å². The van der Waals surface area contributed by atoms with Crippen molar-refractivity contribution in [3.8, 4) is 17.6 Å². The summed E-state index contributed by atoms with van der Waals surface area (Å²) >= 11 is 3.65. The molecule has 27 heavy (non-hydrogen) atoms. The molecule has 1 aromatic rings. The molecule has 3 rings (SSSR count). The SMILES string of the molecule is COc1cc(CN2CCN(CCC#N)CC2)cc(Br)c1OCC1CCCO1. The summed E-state index contributed by atoms with van der Waals surface area (Å²) in [7, 11) is 1.68. The Morgan fingerprint density at radius 1 is 1.26 bits per heavy atom. The number of hydrogen-bond donors (Lipinski definition) is 0. The third-order valence-corrected chi connectivity index (χ3v) is 5.73. The second kappa shape index (κ2) is 10.3. The summed E-state index contributed by atoms with van der Waals surface area (Å²) in [4.78, 5) is 4.80.